The summed E-state index contributed by atoms with van der Waals surface area (Å²) in [5.41, 5.74) is 2.65. The van der Waals surface area contributed by atoms with Gasteiger partial charge in [0.25, 0.3) is 5.91 Å². The summed E-state index contributed by atoms with van der Waals surface area (Å²) in [6, 6.07) is 17.0. The van der Waals surface area contributed by atoms with E-state index in [-0.39, 0.29) is 11.8 Å². The van der Waals surface area contributed by atoms with Crippen molar-refractivity contribution in [2.75, 3.05) is 13.6 Å². The topological polar surface area (TPSA) is 88.3 Å². The number of nitrogens with one attached hydrogen (secondary N) is 1. The Bertz CT molecular complexity index is 953. The number of likely N-dealkylation sites (N-methyl/N-ethyl adjacent to an activating group) is 1. The molecule has 3 aromatic rings. The maximum Gasteiger partial charge on any atom is 0.315 e. The first kappa shape index (κ1) is 19.3. The highest BCUT2D eigenvalue weighted by Crippen LogP contribution is 2.08. The number of hydrogen-bond donors (Lipinski definition) is 1. The molecule has 2 aromatic carbocycles. The van der Waals surface area contributed by atoms with Crippen LogP contribution >= 0.6 is 0 Å². The van der Waals surface area contributed by atoms with E-state index in [4.69, 9.17) is 4.52 Å². The molecule has 7 nitrogen and oxygen atoms in total. The number of carbonyl (C=O) groups excluding carboxylic acids is 2. The normalized spacial score (nSPS) is 10.5. The van der Waals surface area contributed by atoms with Crippen LogP contribution in [0.1, 0.15) is 38.0 Å². The lowest BCUT2D eigenvalue weighted by molar-refractivity contribution is 0.0795. The molecule has 3 rings (SSSR count). The average Bonchev–Trinajstić information content (AvgIpc) is 3.19. The molecule has 1 N–H and O–H groups in total. The lowest BCUT2D eigenvalue weighted by Gasteiger charge is -2.16. The standard InChI is InChI=1S/C21H22N4O3/c1-15-7-6-10-17(13-15)21(27)25(2)12-11-18-23-20(28-24-18)19(26)22-14-16-8-4-3-5-9-16/h3-10,13H,11-12,14H2,1-2H3,(H,22,26). The van der Waals surface area contributed by atoms with Crippen molar-refractivity contribution in [2.45, 2.75) is 19.9 Å². The lowest BCUT2D eigenvalue weighted by Crippen LogP contribution is -2.29. The van der Waals surface area contributed by atoms with Crippen molar-refractivity contribution in [3.8, 4) is 0 Å². The van der Waals surface area contributed by atoms with Gasteiger partial charge in [-0.15, -0.1) is 0 Å². The van der Waals surface area contributed by atoms with Crippen molar-refractivity contribution in [1.29, 1.82) is 0 Å². The highest BCUT2D eigenvalue weighted by molar-refractivity contribution is 5.94. The minimum atomic E-state index is -0.424. The Morgan fingerprint density at radius 2 is 1.89 bits per heavy atom. The molecule has 0 atom stereocenters. The van der Waals surface area contributed by atoms with Crippen molar-refractivity contribution in [3.05, 3.63) is 83.0 Å². The molecule has 0 saturated carbocycles. The predicted molar refractivity (Wildman–Crippen MR) is 104 cm³/mol. The van der Waals surface area contributed by atoms with E-state index >= 15 is 0 Å². The van der Waals surface area contributed by atoms with Gasteiger partial charge in [0.05, 0.1) is 0 Å². The third kappa shape index (κ3) is 5.03. The second kappa shape index (κ2) is 8.94. The molecule has 0 spiro atoms. The summed E-state index contributed by atoms with van der Waals surface area (Å²) in [6.07, 6.45) is 0.392. The number of hydrogen-bond acceptors (Lipinski definition) is 5. The first-order chi connectivity index (χ1) is 13.5. The maximum absolute atomic E-state index is 12.4. The Labute approximate surface area is 163 Å². The molecule has 28 heavy (non-hydrogen) atoms. The quantitative estimate of drug-likeness (QED) is 0.683. The van der Waals surface area contributed by atoms with E-state index in [9.17, 15) is 9.59 Å². The van der Waals surface area contributed by atoms with Crippen LogP contribution in [-0.4, -0.2) is 40.4 Å². The molecular formula is C21H22N4O3. The summed E-state index contributed by atoms with van der Waals surface area (Å²) in [6.45, 7) is 2.74. The third-order valence-corrected chi connectivity index (χ3v) is 4.24. The Kier molecular flexibility index (Phi) is 6.16. The molecular weight excluding hydrogens is 356 g/mol. The molecule has 0 bridgehead atoms. The molecule has 144 valence electrons. The second-order valence-corrected chi connectivity index (χ2v) is 6.53. The average molecular weight is 378 g/mol. The van der Waals surface area contributed by atoms with Gasteiger partial charge in [-0.05, 0) is 24.6 Å². The largest absolute Gasteiger partial charge is 0.344 e. The number of aromatic nitrogens is 2. The molecule has 0 saturated heterocycles. The van der Waals surface area contributed by atoms with Crippen LogP contribution in [0.3, 0.4) is 0 Å². The Morgan fingerprint density at radius 1 is 1.11 bits per heavy atom. The molecule has 0 aliphatic rings. The van der Waals surface area contributed by atoms with Gasteiger partial charge in [-0.1, -0.05) is 53.2 Å². The van der Waals surface area contributed by atoms with Gasteiger partial charge in [0.1, 0.15) is 0 Å². The van der Waals surface area contributed by atoms with Crippen LogP contribution in [0.2, 0.25) is 0 Å². The van der Waals surface area contributed by atoms with Gasteiger partial charge in [-0.25, -0.2) is 0 Å². The van der Waals surface area contributed by atoms with Gasteiger partial charge in [0.2, 0.25) is 0 Å². The number of aryl methyl sites for hydroxylation is 1. The van der Waals surface area contributed by atoms with E-state index in [2.05, 4.69) is 15.5 Å². The van der Waals surface area contributed by atoms with Gasteiger partial charge < -0.3 is 14.7 Å². The van der Waals surface area contributed by atoms with Crippen LogP contribution in [0.25, 0.3) is 0 Å². The number of carbonyl (C=O) groups is 2. The zero-order chi connectivity index (χ0) is 19.9. The summed E-state index contributed by atoms with van der Waals surface area (Å²) >= 11 is 0. The van der Waals surface area contributed by atoms with Crippen LogP contribution in [0.4, 0.5) is 0 Å². The SMILES string of the molecule is Cc1cccc(C(=O)N(C)CCc2noc(C(=O)NCc3ccccc3)n2)c1. The first-order valence-corrected chi connectivity index (χ1v) is 9.00. The van der Waals surface area contributed by atoms with E-state index < -0.39 is 5.91 Å². The van der Waals surface area contributed by atoms with Crippen LogP contribution in [-0.2, 0) is 13.0 Å². The van der Waals surface area contributed by atoms with Gasteiger partial charge in [-0.2, -0.15) is 4.98 Å². The smallest absolute Gasteiger partial charge is 0.315 e. The number of rotatable bonds is 7. The summed E-state index contributed by atoms with van der Waals surface area (Å²) in [4.78, 5) is 30.3. The van der Waals surface area contributed by atoms with Crippen LogP contribution in [0.5, 0.6) is 0 Å². The fourth-order valence-electron chi connectivity index (χ4n) is 2.67. The first-order valence-electron chi connectivity index (χ1n) is 9.00. The summed E-state index contributed by atoms with van der Waals surface area (Å²) in [5.74, 6) is -0.202. The van der Waals surface area contributed by atoms with E-state index in [0.717, 1.165) is 11.1 Å². The number of benzene rings is 2. The maximum atomic E-state index is 12.4. The van der Waals surface area contributed by atoms with Gasteiger partial charge in [0, 0.05) is 32.1 Å². The van der Waals surface area contributed by atoms with Crippen molar-refractivity contribution < 1.29 is 14.1 Å². The molecule has 7 heteroatoms. The Hall–Kier alpha value is -3.48. The second-order valence-electron chi connectivity index (χ2n) is 6.53. The van der Waals surface area contributed by atoms with Gasteiger partial charge in [-0.3, -0.25) is 9.59 Å². The summed E-state index contributed by atoms with van der Waals surface area (Å²) < 4.78 is 5.03. The molecule has 0 radical (unpaired) electrons. The third-order valence-electron chi connectivity index (χ3n) is 4.24. The molecule has 2 amide bonds. The molecule has 0 fully saturated rings. The van der Waals surface area contributed by atoms with Crippen molar-refractivity contribution in [3.63, 3.8) is 0 Å². The monoisotopic (exact) mass is 378 g/mol. The Balaban J connectivity index is 1.51. The minimum Gasteiger partial charge on any atom is -0.344 e. The minimum absolute atomic E-state index is 0.0759. The molecule has 0 aliphatic carbocycles. The van der Waals surface area contributed by atoms with E-state index in [1.54, 1.807) is 18.0 Å². The fraction of sp³-hybridized carbons (Fsp3) is 0.238. The van der Waals surface area contributed by atoms with Gasteiger partial charge in [0.15, 0.2) is 5.82 Å². The van der Waals surface area contributed by atoms with Crippen molar-refractivity contribution in [1.82, 2.24) is 20.4 Å². The fourth-order valence-corrected chi connectivity index (χ4v) is 2.67. The zero-order valence-electron chi connectivity index (χ0n) is 15.9. The molecule has 1 aromatic heterocycles. The van der Waals surface area contributed by atoms with Crippen LogP contribution in [0.15, 0.2) is 59.1 Å². The highest BCUT2D eigenvalue weighted by atomic mass is 16.5. The zero-order valence-corrected chi connectivity index (χ0v) is 15.9. The Morgan fingerprint density at radius 3 is 2.64 bits per heavy atom. The lowest BCUT2D eigenvalue weighted by atomic mass is 10.1. The predicted octanol–water partition coefficient (Wildman–Crippen LogP) is 2.62. The number of amides is 2. The van der Waals surface area contributed by atoms with Gasteiger partial charge >= 0.3 is 11.8 Å². The van der Waals surface area contributed by atoms with E-state index in [1.165, 1.54) is 0 Å². The molecule has 0 unspecified atom stereocenters. The molecule has 1 heterocycles. The summed E-state index contributed by atoms with van der Waals surface area (Å²) in [7, 11) is 1.72. The molecule has 0 aliphatic heterocycles. The van der Waals surface area contributed by atoms with Crippen LogP contribution in [0, 0.1) is 6.92 Å². The van der Waals surface area contributed by atoms with E-state index in [1.807, 2.05) is 55.5 Å². The van der Waals surface area contributed by atoms with Crippen LogP contribution < -0.4 is 5.32 Å². The van der Waals surface area contributed by atoms with Crippen molar-refractivity contribution >= 4 is 11.8 Å². The van der Waals surface area contributed by atoms with E-state index in [0.29, 0.717) is 30.9 Å². The summed E-state index contributed by atoms with van der Waals surface area (Å²) in [5, 5.41) is 6.56. The van der Waals surface area contributed by atoms with Crippen molar-refractivity contribution in [2.24, 2.45) is 0 Å². The number of nitrogens with zero attached hydrogens (tertiary/aromatic N) is 3. The highest BCUT2D eigenvalue weighted by Gasteiger charge is 2.17.